The van der Waals surface area contributed by atoms with Gasteiger partial charge >= 0.3 is 5.97 Å². The van der Waals surface area contributed by atoms with E-state index in [0.717, 1.165) is 19.3 Å². The Morgan fingerprint density at radius 3 is 2.00 bits per heavy atom. The van der Waals surface area contributed by atoms with Crippen molar-refractivity contribution < 1.29 is 24.5 Å². The lowest BCUT2D eigenvalue weighted by molar-refractivity contribution is -0.158. The molecule has 0 bridgehead atoms. The normalized spacial score (nSPS) is 12.3. The summed E-state index contributed by atoms with van der Waals surface area (Å²) in [5.74, 6) is -0.101. The Balaban J connectivity index is 0. The van der Waals surface area contributed by atoms with E-state index in [1.807, 2.05) is 27.7 Å². The zero-order valence-corrected chi connectivity index (χ0v) is 13.6. The number of carbonyl (C=O) groups excluding carboxylic acids is 1. The fourth-order valence-electron chi connectivity index (χ4n) is 1.14. The first-order valence-corrected chi connectivity index (χ1v) is 7.30. The van der Waals surface area contributed by atoms with Gasteiger partial charge in [0.05, 0.1) is 37.9 Å². The van der Waals surface area contributed by atoms with Crippen LogP contribution in [0.25, 0.3) is 0 Å². The molecule has 0 aliphatic rings. The number of ether oxygens (including phenoxy) is 2. The molecule has 122 valence electrons. The molecule has 0 aliphatic heterocycles. The summed E-state index contributed by atoms with van der Waals surface area (Å²) in [6.45, 7) is 10.4. The number of esters is 1. The molecule has 1 atom stereocenters. The van der Waals surface area contributed by atoms with Gasteiger partial charge in [-0.25, -0.2) is 0 Å². The van der Waals surface area contributed by atoms with Gasteiger partial charge in [0.1, 0.15) is 0 Å². The van der Waals surface area contributed by atoms with Crippen LogP contribution in [-0.4, -0.2) is 48.7 Å². The molecule has 2 N–H and O–H groups in total. The zero-order valence-electron chi connectivity index (χ0n) is 13.6. The third-order valence-corrected chi connectivity index (χ3v) is 2.36. The van der Waals surface area contributed by atoms with Gasteiger partial charge < -0.3 is 19.7 Å². The van der Waals surface area contributed by atoms with Crippen LogP contribution in [0.3, 0.4) is 0 Å². The Hall–Kier alpha value is -0.650. The highest BCUT2D eigenvalue weighted by atomic mass is 16.5. The van der Waals surface area contributed by atoms with Gasteiger partial charge in [-0.2, -0.15) is 0 Å². The Morgan fingerprint density at radius 1 is 1.15 bits per heavy atom. The van der Waals surface area contributed by atoms with Gasteiger partial charge in [-0.15, -0.1) is 0 Å². The van der Waals surface area contributed by atoms with E-state index < -0.39 is 0 Å². The second-order valence-electron chi connectivity index (χ2n) is 5.67. The summed E-state index contributed by atoms with van der Waals surface area (Å²) >= 11 is 0. The number of rotatable bonds is 8. The van der Waals surface area contributed by atoms with Gasteiger partial charge in [0.25, 0.3) is 0 Å². The molecule has 0 aromatic rings. The maximum Gasteiger partial charge on any atom is 0.311 e. The molecule has 5 nitrogen and oxygen atoms in total. The van der Waals surface area contributed by atoms with E-state index in [1.54, 1.807) is 0 Å². The number of unbranched alkanes of at least 4 members (excludes halogenated alkanes) is 1. The number of hydrogen-bond donors (Lipinski definition) is 2. The van der Waals surface area contributed by atoms with Gasteiger partial charge in [0.2, 0.25) is 0 Å². The van der Waals surface area contributed by atoms with Gasteiger partial charge in [-0.05, 0) is 34.1 Å². The van der Waals surface area contributed by atoms with E-state index in [9.17, 15) is 4.79 Å². The monoisotopic (exact) mass is 292 g/mol. The smallest absolute Gasteiger partial charge is 0.311 e. The summed E-state index contributed by atoms with van der Waals surface area (Å²) in [6, 6.07) is 0. The first kappa shape index (κ1) is 21.6. The molecular formula is C15H32O5. The lowest BCUT2D eigenvalue weighted by Crippen LogP contribution is -2.26. The highest BCUT2D eigenvalue weighted by Crippen LogP contribution is 2.17. The van der Waals surface area contributed by atoms with Crippen molar-refractivity contribution in [1.29, 1.82) is 0 Å². The molecule has 5 heteroatoms. The topological polar surface area (TPSA) is 76.0 Å². The first-order valence-electron chi connectivity index (χ1n) is 7.30. The summed E-state index contributed by atoms with van der Waals surface area (Å²) in [6.07, 6.45) is 3.31. The van der Waals surface area contributed by atoms with Crippen molar-refractivity contribution in [2.24, 2.45) is 5.41 Å². The van der Waals surface area contributed by atoms with E-state index in [2.05, 4.69) is 11.7 Å². The second kappa shape index (κ2) is 13.3. The minimum Gasteiger partial charge on any atom is -0.462 e. The quantitative estimate of drug-likeness (QED) is 0.529. The lowest BCUT2D eigenvalue weighted by Gasteiger charge is -2.20. The maximum absolute atomic E-state index is 11.4. The minimum absolute atomic E-state index is 0.0278. The molecule has 0 aliphatic carbocycles. The molecule has 20 heavy (non-hydrogen) atoms. The average molecular weight is 292 g/mol. The summed E-state index contributed by atoms with van der Waals surface area (Å²) < 4.78 is 9.91. The molecule has 0 rings (SSSR count). The summed E-state index contributed by atoms with van der Waals surface area (Å²) in [7, 11) is 0. The molecule has 0 aromatic carbocycles. The van der Waals surface area contributed by atoms with Crippen molar-refractivity contribution in [3.8, 4) is 0 Å². The predicted octanol–water partition coefficient (Wildman–Crippen LogP) is 2.14. The molecule has 1 unspecified atom stereocenters. The zero-order chi connectivity index (χ0) is 16.0. The van der Waals surface area contributed by atoms with Gasteiger partial charge in [0.15, 0.2) is 0 Å². The van der Waals surface area contributed by atoms with Crippen LogP contribution in [-0.2, 0) is 14.3 Å². The molecule has 0 heterocycles. The number of hydrogen-bond acceptors (Lipinski definition) is 5. The molecule has 0 fully saturated rings. The standard InChI is InChI=1S/C11H22O2.C4H10O3/c1-6-7-8-9(2)13-10(12)11(3,4)5;5-1-3-7-4-2-6/h9H,6-8H2,1-5H3;5-6H,1-4H2. The van der Waals surface area contributed by atoms with Crippen molar-refractivity contribution >= 4 is 5.97 Å². The van der Waals surface area contributed by atoms with E-state index in [-0.39, 0.29) is 30.7 Å². The molecule has 0 amide bonds. The predicted molar refractivity (Wildman–Crippen MR) is 79.5 cm³/mol. The fourth-order valence-corrected chi connectivity index (χ4v) is 1.14. The number of aliphatic hydroxyl groups is 2. The van der Waals surface area contributed by atoms with Crippen molar-refractivity contribution in [2.45, 2.75) is 60.0 Å². The van der Waals surface area contributed by atoms with E-state index >= 15 is 0 Å². The highest BCUT2D eigenvalue weighted by molar-refractivity contribution is 5.75. The molecule has 0 saturated heterocycles. The van der Waals surface area contributed by atoms with Gasteiger partial charge in [-0.3, -0.25) is 4.79 Å². The van der Waals surface area contributed by atoms with Crippen LogP contribution in [0.1, 0.15) is 53.9 Å². The fraction of sp³-hybridized carbons (Fsp3) is 0.933. The van der Waals surface area contributed by atoms with Crippen LogP contribution in [0.5, 0.6) is 0 Å². The Morgan fingerprint density at radius 2 is 1.65 bits per heavy atom. The van der Waals surface area contributed by atoms with Crippen LogP contribution in [0.2, 0.25) is 0 Å². The van der Waals surface area contributed by atoms with Crippen LogP contribution >= 0.6 is 0 Å². The summed E-state index contributed by atoms with van der Waals surface area (Å²) in [5.41, 5.74) is -0.375. The third kappa shape index (κ3) is 15.4. The molecule has 0 saturated carbocycles. The van der Waals surface area contributed by atoms with Crippen LogP contribution < -0.4 is 0 Å². The Kier molecular flexibility index (Phi) is 14.4. The van der Waals surface area contributed by atoms with Crippen molar-refractivity contribution in [1.82, 2.24) is 0 Å². The minimum atomic E-state index is -0.375. The molecule has 0 spiro atoms. The average Bonchev–Trinajstić information content (AvgIpc) is 2.36. The molecule has 0 aromatic heterocycles. The lowest BCUT2D eigenvalue weighted by atomic mass is 9.97. The van der Waals surface area contributed by atoms with E-state index in [4.69, 9.17) is 14.9 Å². The third-order valence-electron chi connectivity index (χ3n) is 2.36. The first-order chi connectivity index (χ1) is 9.29. The second-order valence-corrected chi connectivity index (χ2v) is 5.67. The van der Waals surface area contributed by atoms with Crippen LogP contribution in [0.4, 0.5) is 0 Å². The Labute approximate surface area is 123 Å². The number of carbonyl (C=O) groups is 1. The van der Waals surface area contributed by atoms with Crippen molar-refractivity contribution in [3.05, 3.63) is 0 Å². The van der Waals surface area contributed by atoms with Gasteiger partial charge in [0, 0.05) is 0 Å². The Bertz CT molecular complexity index is 219. The van der Waals surface area contributed by atoms with E-state index in [1.165, 1.54) is 0 Å². The maximum atomic E-state index is 11.4. The molecule has 0 radical (unpaired) electrons. The number of aliphatic hydroxyl groups excluding tert-OH is 2. The van der Waals surface area contributed by atoms with Crippen LogP contribution in [0.15, 0.2) is 0 Å². The van der Waals surface area contributed by atoms with Crippen LogP contribution in [0, 0.1) is 5.41 Å². The summed E-state index contributed by atoms with van der Waals surface area (Å²) in [4.78, 5) is 11.4. The van der Waals surface area contributed by atoms with Gasteiger partial charge in [-0.1, -0.05) is 19.8 Å². The van der Waals surface area contributed by atoms with Crippen molar-refractivity contribution in [3.63, 3.8) is 0 Å². The highest BCUT2D eigenvalue weighted by Gasteiger charge is 2.24. The summed E-state index contributed by atoms with van der Waals surface area (Å²) in [5, 5.41) is 16.2. The SMILES string of the molecule is CCCCC(C)OC(=O)C(C)(C)C.OCCOCCO. The largest absolute Gasteiger partial charge is 0.462 e. The molecular weight excluding hydrogens is 260 g/mol. The van der Waals surface area contributed by atoms with E-state index in [0.29, 0.717) is 13.2 Å². The van der Waals surface area contributed by atoms with Crippen molar-refractivity contribution in [2.75, 3.05) is 26.4 Å².